The van der Waals surface area contributed by atoms with E-state index >= 15 is 0 Å². The smallest absolute Gasteiger partial charge is 0.340 e. The zero-order valence-corrected chi connectivity index (χ0v) is 14.6. The van der Waals surface area contributed by atoms with Crippen LogP contribution in [0.1, 0.15) is 10.4 Å². The molecule has 6 nitrogen and oxygen atoms in total. The van der Waals surface area contributed by atoms with Crippen LogP contribution in [0.5, 0.6) is 5.75 Å². The second kappa shape index (κ2) is 6.53. The molecule has 0 fully saturated rings. The van der Waals surface area contributed by atoms with Crippen molar-refractivity contribution in [3.63, 3.8) is 0 Å². The number of halogens is 3. The minimum absolute atomic E-state index is 0.0102. The molecule has 1 aromatic carbocycles. The van der Waals surface area contributed by atoms with E-state index in [4.69, 9.17) is 0 Å². The van der Waals surface area contributed by atoms with Gasteiger partial charge in [0, 0.05) is 4.47 Å². The molecule has 0 aliphatic rings. The maximum atomic E-state index is 11.7. The summed E-state index contributed by atoms with van der Waals surface area (Å²) in [6.45, 7) is -0.555. The van der Waals surface area contributed by atoms with Crippen LogP contribution < -0.4 is 0 Å². The molecular weight excluding hydrogens is 476 g/mol. The highest BCUT2D eigenvalue weighted by Crippen LogP contribution is 2.39. The van der Waals surface area contributed by atoms with E-state index in [1.807, 2.05) is 0 Å². The van der Waals surface area contributed by atoms with Crippen molar-refractivity contribution in [2.45, 2.75) is 0 Å². The number of hydrogen-bond acceptors (Lipinski definition) is 6. The van der Waals surface area contributed by atoms with Crippen LogP contribution in [0.3, 0.4) is 0 Å². The van der Waals surface area contributed by atoms with Gasteiger partial charge in [-0.25, -0.2) is 13.2 Å². The van der Waals surface area contributed by atoms with Gasteiger partial charge in [-0.15, -0.1) is 0 Å². The first-order valence-corrected chi connectivity index (χ1v) is 8.56. The quantitative estimate of drug-likeness (QED) is 0.523. The minimum atomic E-state index is -4.44. The molecule has 0 bridgehead atoms. The van der Waals surface area contributed by atoms with E-state index in [-0.39, 0.29) is 15.8 Å². The van der Waals surface area contributed by atoms with E-state index in [1.54, 1.807) is 0 Å². The molecule has 0 saturated carbocycles. The highest BCUT2D eigenvalue weighted by Gasteiger charge is 2.21. The Balaban J connectivity index is 2.92. The molecule has 19 heavy (non-hydrogen) atoms. The van der Waals surface area contributed by atoms with Crippen LogP contribution in [-0.4, -0.2) is 36.4 Å². The summed E-state index contributed by atoms with van der Waals surface area (Å²) in [5.41, 5.74) is -0.0102. The largest absolute Gasteiger partial charge is 0.748 e. The van der Waals surface area contributed by atoms with Crippen LogP contribution in [0.2, 0.25) is 0 Å². The minimum Gasteiger partial charge on any atom is -0.748 e. The van der Waals surface area contributed by atoms with Crippen LogP contribution in [0, 0.1) is 0 Å². The number of benzene rings is 1. The standard InChI is InChI=1S/C9H7Br3O6S/c10-4-3-5(11)8(13)7(12)6(4)9(14)18-1-2-19(15,16)17/h3,13H,1-2H2,(H,15,16,17)/p-1. The SMILES string of the molecule is O=C(OCCS(=O)(=O)[O-])c1c(Br)cc(Br)c(O)c1Br. The zero-order valence-electron chi connectivity index (χ0n) is 9.02. The fourth-order valence-corrected chi connectivity index (χ4v) is 3.81. The molecule has 0 aromatic heterocycles. The maximum absolute atomic E-state index is 11.7. The fourth-order valence-electron chi connectivity index (χ4n) is 1.08. The molecule has 1 rings (SSSR count). The molecule has 106 valence electrons. The first-order valence-electron chi connectivity index (χ1n) is 4.60. The van der Waals surface area contributed by atoms with Crippen LogP contribution in [0.25, 0.3) is 0 Å². The molecule has 1 aromatic rings. The van der Waals surface area contributed by atoms with Crippen molar-refractivity contribution in [2.75, 3.05) is 12.4 Å². The molecule has 1 N–H and O–H groups in total. The lowest BCUT2D eigenvalue weighted by Gasteiger charge is -2.11. The van der Waals surface area contributed by atoms with Gasteiger partial charge in [-0.3, -0.25) is 0 Å². The molecular formula is C9H6Br3O6S-. The Morgan fingerprint density at radius 2 is 1.89 bits per heavy atom. The molecule has 0 spiro atoms. The van der Waals surface area contributed by atoms with Crippen molar-refractivity contribution >= 4 is 63.9 Å². The van der Waals surface area contributed by atoms with Crippen LogP contribution in [-0.2, 0) is 14.9 Å². The number of rotatable bonds is 4. The predicted molar refractivity (Wildman–Crippen MR) is 76.1 cm³/mol. The van der Waals surface area contributed by atoms with Crippen molar-refractivity contribution in [3.05, 3.63) is 25.0 Å². The van der Waals surface area contributed by atoms with Gasteiger partial charge < -0.3 is 14.4 Å². The maximum Gasteiger partial charge on any atom is 0.340 e. The lowest BCUT2D eigenvalue weighted by molar-refractivity contribution is 0.0525. The fraction of sp³-hybridized carbons (Fsp3) is 0.222. The molecule has 0 amide bonds. The van der Waals surface area contributed by atoms with E-state index in [2.05, 4.69) is 52.5 Å². The van der Waals surface area contributed by atoms with Gasteiger partial charge >= 0.3 is 5.97 Å². The van der Waals surface area contributed by atoms with Crippen molar-refractivity contribution < 1.29 is 27.6 Å². The Labute approximate surface area is 134 Å². The summed E-state index contributed by atoms with van der Waals surface area (Å²) in [5, 5.41) is 9.65. The van der Waals surface area contributed by atoms with Crippen LogP contribution in [0.4, 0.5) is 0 Å². The lowest BCUT2D eigenvalue weighted by atomic mass is 10.2. The second-order valence-corrected chi connectivity index (χ2v) is 7.30. The van der Waals surface area contributed by atoms with E-state index in [9.17, 15) is 22.9 Å². The second-order valence-electron chi connectivity index (χ2n) is 3.28. The van der Waals surface area contributed by atoms with Gasteiger partial charge in [-0.1, -0.05) is 0 Å². The Hall–Kier alpha value is -0.160. The van der Waals surface area contributed by atoms with E-state index in [0.717, 1.165) is 0 Å². The summed E-state index contributed by atoms with van der Waals surface area (Å²) in [7, 11) is -4.44. The average molecular weight is 482 g/mol. The zero-order chi connectivity index (χ0) is 14.8. The predicted octanol–water partition coefficient (Wildman–Crippen LogP) is 2.38. The topological polar surface area (TPSA) is 104 Å². The van der Waals surface area contributed by atoms with Gasteiger partial charge in [-0.2, -0.15) is 0 Å². The number of carbonyl (C=O) groups excluding carboxylic acids is 1. The third-order valence-corrected chi connectivity index (χ3v) is 4.59. The van der Waals surface area contributed by atoms with Gasteiger partial charge in [0.2, 0.25) is 0 Å². The monoisotopic (exact) mass is 479 g/mol. The Bertz CT molecular complexity index is 613. The molecule has 0 aliphatic heterocycles. The molecule has 0 atom stereocenters. The van der Waals surface area contributed by atoms with Gasteiger partial charge in [0.25, 0.3) is 0 Å². The first kappa shape index (κ1) is 16.9. The Morgan fingerprint density at radius 3 is 2.42 bits per heavy atom. The summed E-state index contributed by atoms with van der Waals surface area (Å²) >= 11 is 9.21. The van der Waals surface area contributed by atoms with E-state index in [1.165, 1.54) is 6.07 Å². The summed E-state index contributed by atoms with van der Waals surface area (Å²) < 4.78 is 36.5. The number of phenolic OH excluding ortho intramolecular Hbond substituents is 1. The molecule has 0 unspecified atom stereocenters. The summed E-state index contributed by atoms with van der Waals surface area (Å²) in [5.74, 6) is -1.88. The normalized spacial score (nSPS) is 11.4. The van der Waals surface area contributed by atoms with Crippen LogP contribution >= 0.6 is 47.8 Å². The molecule has 0 radical (unpaired) electrons. The number of phenols is 1. The van der Waals surface area contributed by atoms with Gasteiger partial charge in [-0.05, 0) is 53.9 Å². The highest BCUT2D eigenvalue weighted by molar-refractivity contribution is 9.11. The van der Waals surface area contributed by atoms with Crippen molar-refractivity contribution in [1.82, 2.24) is 0 Å². The number of ether oxygens (including phenoxy) is 1. The van der Waals surface area contributed by atoms with E-state index in [0.29, 0.717) is 8.95 Å². The number of carbonyl (C=O) groups is 1. The summed E-state index contributed by atoms with van der Waals surface area (Å²) in [4.78, 5) is 11.7. The Morgan fingerprint density at radius 1 is 1.32 bits per heavy atom. The van der Waals surface area contributed by atoms with Crippen molar-refractivity contribution in [3.8, 4) is 5.75 Å². The summed E-state index contributed by atoms with van der Waals surface area (Å²) in [6, 6.07) is 1.43. The summed E-state index contributed by atoms with van der Waals surface area (Å²) in [6.07, 6.45) is 0. The first-order chi connectivity index (χ1) is 8.63. The van der Waals surface area contributed by atoms with E-state index < -0.39 is 28.4 Å². The Kier molecular flexibility index (Phi) is 5.80. The molecule has 0 saturated heterocycles. The molecule has 10 heteroatoms. The van der Waals surface area contributed by atoms with Crippen molar-refractivity contribution in [1.29, 1.82) is 0 Å². The molecule has 0 heterocycles. The van der Waals surface area contributed by atoms with Gasteiger partial charge in [0.05, 0.1) is 30.4 Å². The lowest BCUT2D eigenvalue weighted by Crippen LogP contribution is -2.15. The number of esters is 1. The number of aromatic hydroxyl groups is 1. The third-order valence-electron chi connectivity index (χ3n) is 1.92. The average Bonchev–Trinajstić information content (AvgIpc) is 2.24. The van der Waals surface area contributed by atoms with Crippen LogP contribution in [0.15, 0.2) is 19.5 Å². The third kappa shape index (κ3) is 4.71. The van der Waals surface area contributed by atoms with Crippen molar-refractivity contribution in [2.24, 2.45) is 0 Å². The molecule has 0 aliphatic carbocycles. The number of hydrogen-bond donors (Lipinski definition) is 1. The van der Waals surface area contributed by atoms with Gasteiger partial charge in [0.15, 0.2) is 0 Å². The van der Waals surface area contributed by atoms with Gasteiger partial charge in [0.1, 0.15) is 12.4 Å². The highest BCUT2D eigenvalue weighted by atomic mass is 79.9.